The van der Waals surface area contributed by atoms with Gasteiger partial charge in [-0.1, -0.05) is 6.92 Å². The first-order valence-corrected chi connectivity index (χ1v) is 4.65. The summed E-state index contributed by atoms with van der Waals surface area (Å²) in [7, 11) is 0. The maximum absolute atomic E-state index is 10.8. The van der Waals surface area contributed by atoms with Crippen LogP contribution in [0.5, 0.6) is 0 Å². The topological polar surface area (TPSA) is 58.6 Å². The van der Waals surface area contributed by atoms with Gasteiger partial charge in [0, 0.05) is 12.1 Å². The molecule has 1 aliphatic rings. The van der Waals surface area contributed by atoms with Crippen LogP contribution in [0.3, 0.4) is 0 Å². The molecule has 4 nitrogen and oxygen atoms in total. The Morgan fingerprint density at radius 2 is 2.46 bits per heavy atom. The molecule has 1 heterocycles. The molecule has 2 N–H and O–H groups in total. The Hall–Kier alpha value is -0.610. The first-order chi connectivity index (χ1) is 6.07. The Bertz CT molecular complexity index is 187. The number of hydrogen-bond acceptors (Lipinski definition) is 3. The van der Waals surface area contributed by atoms with Gasteiger partial charge in [-0.05, 0) is 19.8 Å². The standard InChI is InChI=1S/C9H17NO3/c1-3-7(8(11)12)10-9(2)4-5-13-6-9/h7,10H,3-6H2,1-2H3,(H,11,12). The number of nitrogens with one attached hydrogen (secondary N) is 1. The van der Waals surface area contributed by atoms with Crippen molar-refractivity contribution in [2.24, 2.45) is 0 Å². The molecule has 0 saturated carbocycles. The minimum atomic E-state index is -0.782. The van der Waals surface area contributed by atoms with Crippen LogP contribution in [0.1, 0.15) is 26.7 Å². The van der Waals surface area contributed by atoms with Crippen LogP contribution in [-0.2, 0) is 9.53 Å². The van der Waals surface area contributed by atoms with E-state index in [1.807, 2.05) is 13.8 Å². The molecule has 0 aromatic carbocycles. The zero-order valence-electron chi connectivity index (χ0n) is 8.17. The van der Waals surface area contributed by atoms with Crippen molar-refractivity contribution >= 4 is 5.97 Å². The lowest BCUT2D eigenvalue weighted by Gasteiger charge is -2.27. The minimum absolute atomic E-state index is 0.154. The Kier molecular flexibility index (Phi) is 3.27. The van der Waals surface area contributed by atoms with Crippen LogP contribution >= 0.6 is 0 Å². The second-order valence-electron chi connectivity index (χ2n) is 3.81. The van der Waals surface area contributed by atoms with E-state index in [4.69, 9.17) is 9.84 Å². The Labute approximate surface area is 78.3 Å². The van der Waals surface area contributed by atoms with Crippen LogP contribution in [0.15, 0.2) is 0 Å². The number of ether oxygens (including phenoxy) is 1. The molecule has 1 rings (SSSR count). The van der Waals surface area contributed by atoms with Crippen molar-refractivity contribution in [1.29, 1.82) is 0 Å². The molecule has 1 saturated heterocycles. The monoisotopic (exact) mass is 187 g/mol. The molecule has 0 amide bonds. The number of rotatable bonds is 4. The average Bonchev–Trinajstić information content (AvgIpc) is 2.48. The Morgan fingerprint density at radius 3 is 2.85 bits per heavy atom. The Morgan fingerprint density at radius 1 is 1.77 bits per heavy atom. The molecule has 2 atom stereocenters. The van der Waals surface area contributed by atoms with E-state index in [1.165, 1.54) is 0 Å². The predicted molar refractivity (Wildman–Crippen MR) is 48.7 cm³/mol. The van der Waals surface area contributed by atoms with Crippen molar-refractivity contribution in [3.63, 3.8) is 0 Å². The SMILES string of the molecule is CCC(NC1(C)CCOC1)C(=O)O. The van der Waals surface area contributed by atoms with Gasteiger partial charge in [-0.3, -0.25) is 10.1 Å². The molecular formula is C9H17NO3. The molecule has 0 bridgehead atoms. The highest BCUT2D eigenvalue weighted by molar-refractivity contribution is 5.73. The van der Waals surface area contributed by atoms with Gasteiger partial charge in [-0.2, -0.15) is 0 Å². The molecule has 0 aliphatic carbocycles. The fraction of sp³-hybridized carbons (Fsp3) is 0.889. The fourth-order valence-electron chi connectivity index (χ4n) is 1.54. The van der Waals surface area contributed by atoms with Gasteiger partial charge < -0.3 is 9.84 Å². The summed E-state index contributed by atoms with van der Waals surface area (Å²) in [5.41, 5.74) is -0.154. The molecule has 0 radical (unpaired) electrons. The summed E-state index contributed by atoms with van der Waals surface area (Å²) in [6, 6.07) is -0.452. The van der Waals surface area contributed by atoms with E-state index in [9.17, 15) is 4.79 Å². The molecule has 0 spiro atoms. The highest BCUT2D eigenvalue weighted by Gasteiger charge is 2.33. The van der Waals surface area contributed by atoms with Crippen LogP contribution in [0.4, 0.5) is 0 Å². The maximum atomic E-state index is 10.8. The van der Waals surface area contributed by atoms with Crippen LogP contribution in [-0.4, -0.2) is 35.9 Å². The number of carboxylic acids is 1. The summed E-state index contributed by atoms with van der Waals surface area (Å²) >= 11 is 0. The van der Waals surface area contributed by atoms with Crippen LogP contribution < -0.4 is 5.32 Å². The number of carbonyl (C=O) groups is 1. The summed E-state index contributed by atoms with van der Waals surface area (Å²) in [6.45, 7) is 5.20. The van der Waals surface area contributed by atoms with Gasteiger partial charge in [0.2, 0.25) is 0 Å². The first kappa shape index (κ1) is 10.5. The van der Waals surface area contributed by atoms with E-state index in [2.05, 4.69) is 5.32 Å². The van der Waals surface area contributed by atoms with Gasteiger partial charge in [-0.25, -0.2) is 0 Å². The zero-order valence-corrected chi connectivity index (χ0v) is 8.17. The van der Waals surface area contributed by atoms with E-state index in [0.29, 0.717) is 13.0 Å². The van der Waals surface area contributed by atoms with Crippen molar-refractivity contribution in [1.82, 2.24) is 5.32 Å². The summed E-state index contributed by atoms with van der Waals surface area (Å²) in [6.07, 6.45) is 1.49. The van der Waals surface area contributed by atoms with E-state index in [-0.39, 0.29) is 5.54 Å². The van der Waals surface area contributed by atoms with Gasteiger partial charge in [0.1, 0.15) is 6.04 Å². The molecule has 1 aliphatic heterocycles. The lowest BCUT2D eigenvalue weighted by Crippen LogP contribution is -2.51. The third-order valence-electron chi connectivity index (χ3n) is 2.45. The first-order valence-electron chi connectivity index (χ1n) is 4.65. The zero-order chi connectivity index (χ0) is 9.90. The van der Waals surface area contributed by atoms with Crippen molar-refractivity contribution in [3.05, 3.63) is 0 Å². The third-order valence-corrected chi connectivity index (χ3v) is 2.45. The summed E-state index contributed by atoms with van der Waals surface area (Å²) in [5.74, 6) is -0.782. The molecule has 2 unspecified atom stereocenters. The summed E-state index contributed by atoms with van der Waals surface area (Å²) in [4.78, 5) is 10.8. The molecule has 13 heavy (non-hydrogen) atoms. The number of hydrogen-bond donors (Lipinski definition) is 2. The van der Waals surface area contributed by atoms with Gasteiger partial charge in [-0.15, -0.1) is 0 Å². The summed E-state index contributed by atoms with van der Waals surface area (Å²) in [5, 5.41) is 12.0. The van der Waals surface area contributed by atoms with E-state index in [0.717, 1.165) is 13.0 Å². The third kappa shape index (κ3) is 2.67. The Balaban J connectivity index is 2.49. The van der Waals surface area contributed by atoms with Crippen molar-refractivity contribution in [2.75, 3.05) is 13.2 Å². The van der Waals surface area contributed by atoms with Crippen LogP contribution in [0.2, 0.25) is 0 Å². The van der Waals surface area contributed by atoms with E-state index in [1.54, 1.807) is 0 Å². The second kappa shape index (κ2) is 4.07. The molecular weight excluding hydrogens is 170 g/mol. The minimum Gasteiger partial charge on any atom is -0.480 e. The van der Waals surface area contributed by atoms with Crippen molar-refractivity contribution < 1.29 is 14.6 Å². The van der Waals surface area contributed by atoms with E-state index >= 15 is 0 Å². The fourth-order valence-corrected chi connectivity index (χ4v) is 1.54. The van der Waals surface area contributed by atoms with Crippen molar-refractivity contribution in [3.8, 4) is 0 Å². The highest BCUT2D eigenvalue weighted by atomic mass is 16.5. The van der Waals surface area contributed by atoms with E-state index < -0.39 is 12.0 Å². The quantitative estimate of drug-likeness (QED) is 0.677. The number of carboxylic acid groups (broad SMARTS) is 1. The molecule has 4 heteroatoms. The molecule has 76 valence electrons. The summed E-state index contributed by atoms with van der Waals surface area (Å²) < 4.78 is 5.23. The smallest absolute Gasteiger partial charge is 0.320 e. The normalized spacial score (nSPS) is 30.3. The van der Waals surface area contributed by atoms with Gasteiger partial charge in [0.25, 0.3) is 0 Å². The second-order valence-corrected chi connectivity index (χ2v) is 3.81. The van der Waals surface area contributed by atoms with Crippen LogP contribution in [0.25, 0.3) is 0 Å². The van der Waals surface area contributed by atoms with Crippen molar-refractivity contribution in [2.45, 2.75) is 38.3 Å². The van der Waals surface area contributed by atoms with Gasteiger partial charge >= 0.3 is 5.97 Å². The highest BCUT2D eigenvalue weighted by Crippen LogP contribution is 2.18. The molecule has 0 aromatic heterocycles. The lowest BCUT2D eigenvalue weighted by molar-refractivity contribution is -0.140. The lowest BCUT2D eigenvalue weighted by atomic mass is 9.99. The molecule has 1 fully saturated rings. The molecule has 0 aromatic rings. The number of aliphatic carboxylic acids is 1. The van der Waals surface area contributed by atoms with Gasteiger partial charge in [0.05, 0.1) is 6.61 Å². The van der Waals surface area contributed by atoms with Crippen LogP contribution in [0, 0.1) is 0 Å². The maximum Gasteiger partial charge on any atom is 0.320 e. The average molecular weight is 187 g/mol. The van der Waals surface area contributed by atoms with Gasteiger partial charge in [0.15, 0.2) is 0 Å². The predicted octanol–water partition coefficient (Wildman–Crippen LogP) is 0.618. The largest absolute Gasteiger partial charge is 0.480 e.